The molecule has 1 unspecified atom stereocenters. The largest absolute Gasteiger partial charge is 0.350 e. The van der Waals surface area contributed by atoms with Gasteiger partial charge in [-0.05, 0) is 53.1 Å². The van der Waals surface area contributed by atoms with Crippen LogP contribution in [0.4, 0.5) is 0 Å². The Labute approximate surface area is 333 Å². The number of benzene rings is 4. The summed E-state index contributed by atoms with van der Waals surface area (Å²) in [6.07, 6.45) is 5.68. The minimum Gasteiger partial charge on any atom is -0.350 e. The lowest BCUT2D eigenvalue weighted by molar-refractivity contribution is -0.135. The van der Waals surface area contributed by atoms with Gasteiger partial charge in [0.1, 0.15) is 17.4 Å². The van der Waals surface area contributed by atoms with Gasteiger partial charge in [0.2, 0.25) is 11.8 Å². The monoisotopic (exact) mass is 753 g/mol. The molecule has 0 fully saturated rings. The number of ketones is 1. The summed E-state index contributed by atoms with van der Waals surface area (Å²) in [4.78, 5) is 46.3. The van der Waals surface area contributed by atoms with E-state index in [0.717, 1.165) is 40.9 Å². The molecular weight excluding hydrogens is 695 g/mol. The summed E-state index contributed by atoms with van der Waals surface area (Å²) >= 11 is 0. The summed E-state index contributed by atoms with van der Waals surface area (Å²) in [6.45, 7) is 11.2. The van der Waals surface area contributed by atoms with Crippen molar-refractivity contribution < 1.29 is 14.4 Å². The van der Waals surface area contributed by atoms with Crippen molar-refractivity contribution in [2.75, 3.05) is 7.05 Å². The highest BCUT2D eigenvalue weighted by molar-refractivity contribution is 5.91. The lowest BCUT2D eigenvalue weighted by Gasteiger charge is -2.37. The number of hydrogen-bond donors (Lipinski definition) is 3. The zero-order valence-electron chi connectivity index (χ0n) is 33.9. The van der Waals surface area contributed by atoms with E-state index in [-0.39, 0.29) is 41.8 Å². The van der Waals surface area contributed by atoms with E-state index in [2.05, 4.69) is 99.5 Å². The van der Waals surface area contributed by atoms with Crippen LogP contribution in [0.3, 0.4) is 0 Å². The van der Waals surface area contributed by atoms with Crippen molar-refractivity contribution in [3.8, 4) is 0 Å². The van der Waals surface area contributed by atoms with E-state index >= 15 is 0 Å². The standard InChI is InChI=1S/C48H59N5O3/c1-7-35(4)43(46(55)52-44(27-34(2)3)47(56)50-31-38-25-23-37(24-26-38)30-49-6)29-45(54)36(5)28-42-32-53(33-51-42)48(39-17-11-8-12-18-39,40-19-13-9-14-20-40)41-21-15-10-16-22-41/h8-26,32-36,43-44,49H,7,27-31H2,1-6H3,(H,50,56)(H,52,55)/t35?,36-,43-,44-/m0/s1. The van der Waals surface area contributed by atoms with E-state index in [1.165, 1.54) is 5.56 Å². The van der Waals surface area contributed by atoms with Crippen molar-refractivity contribution in [3.63, 3.8) is 0 Å². The molecular formula is C48H59N5O3. The fourth-order valence-electron chi connectivity index (χ4n) is 7.59. The van der Waals surface area contributed by atoms with Crippen LogP contribution in [0.1, 0.15) is 87.4 Å². The average molecular weight is 754 g/mol. The molecule has 5 rings (SSSR count). The quantitative estimate of drug-likeness (QED) is 0.0698. The Morgan fingerprint density at radius 2 is 1.23 bits per heavy atom. The second kappa shape index (κ2) is 20.0. The number of carbonyl (C=O) groups excluding carboxylic acids is 3. The minimum absolute atomic E-state index is 0.00650. The molecule has 294 valence electrons. The van der Waals surface area contributed by atoms with Crippen LogP contribution in [0, 0.1) is 23.7 Å². The maximum Gasteiger partial charge on any atom is 0.242 e. The normalized spacial score (nSPS) is 13.8. The van der Waals surface area contributed by atoms with Crippen LogP contribution < -0.4 is 16.0 Å². The number of rotatable bonds is 20. The first-order chi connectivity index (χ1) is 27.1. The fraction of sp³-hybridized carbons (Fsp3) is 0.375. The molecule has 56 heavy (non-hydrogen) atoms. The highest BCUT2D eigenvalue weighted by Gasteiger charge is 2.39. The molecule has 2 amide bonds. The Hall–Kier alpha value is -5.34. The number of amides is 2. The van der Waals surface area contributed by atoms with Crippen LogP contribution >= 0.6 is 0 Å². The van der Waals surface area contributed by atoms with Crippen LogP contribution in [-0.2, 0) is 39.4 Å². The van der Waals surface area contributed by atoms with Gasteiger partial charge in [-0.3, -0.25) is 14.4 Å². The first-order valence-corrected chi connectivity index (χ1v) is 20.1. The first-order valence-electron chi connectivity index (χ1n) is 20.1. The number of nitrogens with zero attached hydrogens (tertiary/aromatic N) is 2. The molecule has 1 heterocycles. The molecule has 0 bridgehead atoms. The lowest BCUT2D eigenvalue weighted by atomic mass is 9.76. The van der Waals surface area contributed by atoms with Crippen molar-refractivity contribution in [1.29, 1.82) is 0 Å². The second-order valence-corrected chi connectivity index (χ2v) is 15.6. The third-order valence-corrected chi connectivity index (χ3v) is 11.0. The van der Waals surface area contributed by atoms with Crippen LogP contribution in [0.15, 0.2) is 128 Å². The van der Waals surface area contributed by atoms with Gasteiger partial charge < -0.3 is 20.5 Å². The summed E-state index contributed by atoms with van der Waals surface area (Å²) in [6, 6.07) is 38.7. The van der Waals surface area contributed by atoms with E-state index in [9.17, 15) is 14.4 Å². The van der Waals surface area contributed by atoms with E-state index in [0.29, 0.717) is 19.4 Å². The fourth-order valence-corrected chi connectivity index (χ4v) is 7.59. The van der Waals surface area contributed by atoms with Crippen molar-refractivity contribution in [2.45, 2.75) is 85.0 Å². The van der Waals surface area contributed by atoms with Gasteiger partial charge in [0.25, 0.3) is 0 Å². The zero-order valence-corrected chi connectivity index (χ0v) is 33.9. The summed E-state index contributed by atoms with van der Waals surface area (Å²) in [7, 11) is 1.91. The number of aromatic nitrogens is 2. The van der Waals surface area contributed by atoms with E-state index in [1.54, 1.807) is 0 Å². The molecule has 8 nitrogen and oxygen atoms in total. The van der Waals surface area contributed by atoms with Gasteiger partial charge in [0, 0.05) is 44.0 Å². The summed E-state index contributed by atoms with van der Waals surface area (Å²) in [5, 5.41) is 9.23. The molecule has 0 radical (unpaired) electrons. The van der Waals surface area contributed by atoms with E-state index < -0.39 is 17.5 Å². The van der Waals surface area contributed by atoms with Crippen molar-refractivity contribution in [3.05, 3.63) is 161 Å². The van der Waals surface area contributed by atoms with Crippen LogP contribution in [0.25, 0.3) is 0 Å². The smallest absolute Gasteiger partial charge is 0.242 e. The van der Waals surface area contributed by atoms with Gasteiger partial charge >= 0.3 is 0 Å². The zero-order chi connectivity index (χ0) is 40.1. The number of imidazole rings is 1. The molecule has 1 aromatic heterocycles. The Morgan fingerprint density at radius 1 is 0.714 bits per heavy atom. The molecule has 0 saturated carbocycles. The summed E-state index contributed by atoms with van der Waals surface area (Å²) in [5.74, 6) is -1.26. The molecule has 0 aliphatic heterocycles. The Kier molecular flexibility index (Phi) is 14.9. The number of hydrogen-bond acceptors (Lipinski definition) is 5. The van der Waals surface area contributed by atoms with Crippen LogP contribution in [-0.4, -0.2) is 40.2 Å². The number of nitrogens with one attached hydrogen (secondary N) is 3. The van der Waals surface area contributed by atoms with Crippen molar-refractivity contribution in [2.24, 2.45) is 23.7 Å². The molecule has 0 aliphatic rings. The molecule has 0 aliphatic carbocycles. The second-order valence-electron chi connectivity index (χ2n) is 15.6. The highest BCUT2D eigenvalue weighted by Crippen LogP contribution is 2.41. The van der Waals surface area contributed by atoms with Crippen molar-refractivity contribution in [1.82, 2.24) is 25.5 Å². The van der Waals surface area contributed by atoms with Gasteiger partial charge in [0.15, 0.2) is 0 Å². The molecule has 5 aromatic rings. The Bertz CT molecular complexity index is 1880. The highest BCUT2D eigenvalue weighted by atomic mass is 16.2. The Balaban J connectivity index is 1.31. The van der Waals surface area contributed by atoms with Crippen LogP contribution in [0.5, 0.6) is 0 Å². The molecule has 0 saturated heterocycles. The molecule has 3 N–H and O–H groups in total. The summed E-state index contributed by atoms with van der Waals surface area (Å²) < 4.78 is 2.16. The Morgan fingerprint density at radius 3 is 1.71 bits per heavy atom. The average Bonchev–Trinajstić information content (AvgIpc) is 3.68. The molecule has 4 aromatic carbocycles. The third kappa shape index (κ3) is 10.3. The predicted molar refractivity (Wildman–Crippen MR) is 225 cm³/mol. The van der Waals surface area contributed by atoms with E-state index in [4.69, 9.17) is 4.98 Å². The van der Waals surface area contributed by atoms with Crippen LogP contribution in [0.2, 0.25) is 0 Å². The molecule has 8 heteroatoms. The lowest BCUT2D eigenvalue weighted by Crippen LogP contribution is -2.50. The SMILES string of the molecule is CCC(C)[C@H](CC(=O)[C@@H](C)Cc1cn(C(c2ccccc2)(c2ccccc2)c2ccccc2)cn1)C(=O)N[C@@H](CC(C)C)C(=O)NCc1ccc(CNC)cc1. The number of carbonyl (C=O) groups is 3. The molecule has 0 spiro atoms. The maximum absolute atomic E-state index is 14.0. The first kappa shape index (κ1) is 41.8. The summed E-state index contributed by atoms with van der Waals surface area (Å²) in [5.41, 5.74) is 5.54. The number of Topliss-reactive ketones (excluding diaryl/α,β-unsaturated/α-hetero) is 1. The van der Waals surface area contributed by atoms with E-state index in [1.807, 2.05) is 90.5 Å². The predicted octanol–water partition coefficient (Wildman–Crippen LogP) is 8.09. The van der Waals surface area contributed by atoms with Gasteiger partial charge in [0.05, 0.1) is 12.0 Å². The van der Waals surface area contributed by atoms with Gasteiger partial charge in [-0.1, -0.05) is 156 Å². The van der Waals surface area contributed by atoms with Gasteiger partial charge in [-0.25, -0.2) is 4.98 Å². The van der Waals surface area contributed by atoms with Gasteiger partial charge in [-0.2, -0.15) is 0 Å². The molecule has 4 atom stereocenters. The topological polar surface area (TPSA) is 105 Å². The third-order valence-electron chi connectivity index (χ3n) is 11.0. The van der Waals surface area contributed by atoms with Gasteiger partial charge in [-0.15, -0.1) is 0 Å². The maximum atomic E-state index is 14.0. The van der Waals surface area contributed by atoms with Crippen molar-refractivity contribution >= 4 is 17.6 Å². The minimum atomic E-state index is -0.701.